The minimum absolute atomic E-state index is 0.143. The van der Waals surface area contributed by atoms with E-state index >= 15 is 0 Å². The molecule has 0 atom stereocenters. The number of carbonyl (C=O) groups is 3. The summed E-state index contributed by atoms with van der Waals surface area (Å²) in [5.41, 5.74) is 8.73. The van der Waals surface area contributed by atoms with E-state index in [2.05, 4.69) is 5.32 Å². The van der Waals surface area contributed by atoms with Gasteiger partial charge in [0.15, 0.2) is 6.61 Å². The maximum Gasteiger partial charge on any atom is 0.262 e. The third-order valence-electron chi connectivity index (χ3n) is 5.71. The normalized spacial score (nSPS) is 13.4. The number of nitrogens with two attached hydrogens (primary N) is 1. The number of amides is 3. The second-order valence-corrected chi connectivity index (χ2v) is 9.25. The highest BCUT2D eigenvalue weighted by Crippen LogP contribution is 2.40. The molecular weight excluding hydrogens is 466 g/mol. The predicted molar refractivity (Wildman–Crippen MR) is 135 cm³/mol. The molecule has 8 nitrogen and oxygen atoms in total. The van der Waals surface area contributed by atoms with Gasteiger partial charge in [-0.3, -0.25) is 14.4 Å². The number of primary amides is 1. The molecule has 1 aliphatic heterocycles. The van der Waals surface area contributed by atoms with Crippen LogP contribution < -0.4 is 15.8 Å². The van der Waals surface area contributed by atoms with Crippen molar-refractivity contribution >= 4 is 34.1 Å². The number of carbonyl (C=O) groups excluding carboxylic acids is 3. The van der Waals surface area contributed by atoms with E-state index in [9.17, 15) is 14.4 Å². The van der Waals surface area contributed by atoms with E-state index in [4.69, 9.17) is 15.2 Å². The number of ether oxygens (including phenoxy) is 2. The Labute approximate surface area is 207 Å². The molecule has 2 aromatic carbocycles. The van der Waals surface area contributed by atoms with Gasteiger partial charge in [-0.2, -0.15) is 0 Å². The summed E-state index contributed by atoms with van der Waals surface area (Å²) in [7, 11) is 0. The molecule has 3 aromatic rings. The van der Waals surface area contributed by atoms with Gasteiger partial charge in [-0.1, -0.05) is 36.4 Å². The number of thiophene rings is 1. The molecule has 2 heterocycles. The summed E-state index contributed by atoms with van der Waals surface area (Å²) < 4.78 is 11.0. The van der Waals surface area contributed by atoms with Gasteiger partial charge in [-0.25, -0.2) is 0 Å². The first-order valence-corrected chi connectivity index (χ1v) is 12.1. The van der Waals surface area contributed by atoms with Gasteiger partial charge in [0, 0.05) is 18.0 Å². The van der Waals surface area contributed by atoms with Crippen LogP contribution in [0.5, 0.6) is 5.75 Å². The van der Waals surface area contributed by atoms with E-state index in [1.54, 1.807) is 23.1 Å². The lowest BCUT2D eigenvalue weighted by molar-refractivity contribution is -0.118. The minimum Gasteiger partial charge on any atom is -0.483 e. The lowest BCUT2D eigenvalue weighted by Gasteiger charge is -2.27. The standard InChI is InChI=1S/C26H27N3O5S/c1-16-8-9-19(24(27)31)20(14-16)34-15-21(30)28-25-22(26(32)29-10-12-33-13-11-29)17(2)23(35-25)18-6-4-3-5-7-18/h3-9,14H,10-13,15H2,1-2H3,(H2,27,31)(H,28,30). The van der Waals surface area contributed by atoms with Crippen LogP contribution >= 0.6 is 11.3 Å². The monoisotopic (exact) mass is 493 g/mol. The number of nitrogens with one attached hydrogen (secondary N) is 1. The highest BCUT2D eigenvalue weighted by Gasteiger charge is 2.28. The van der Waals surface area contributed by atoms with Crippen LogP contribution in [-0.2, 0) is 9.53 Å². The number of rotatable bonds is 7. The van der Waals surface area contributed by atoms with Crippen LogP contribution in [0.2, 0.25) is 0 Å². The summed E-state index contributed by atoms with van der Waals surface area (Å²) in [5, 5.41) is 3.32. The van der Waals surface area contributed by atoms with Crippen molar-refractivity contribution in [1.29, 1.82) is 0 Å². The zero-order valence-corrected chi connectivity index (χ0v) is 20.4. The van der Waals surface area contributed by atoms with Crippen molar-refractivity contribution in [3.05, 3.63) is 70.8 Å². The van der Waals surface area contributed by atoms with Crippen molar-refractivity contribution in [3.8, 4) is 16.2 Å². The Morgan fingerprint density at radius 2 is 1.80 bits per heavy atom. The summed E-state index contributed by atoms with van der Waals surface area (Å²) in [6.07, 6.45) is 0. The average Bonchev–Trinajstić information content (AvgIpc) is 3.18. The minimum atomic E-state index is -0.639. The molecule has 0 saturated carbocycles. The molecule has 0 spiro atoms. The summed E-state index contributed by atoms with van der Waals surface area (Å²) >= 11 is 1.35. The van der Waals surface area contributed by atoms with Gasteiger partial charge >= 0.3 is 0 Å². The van der Waals surface area contributed by atoms with Crippen molar-refractivity contribution < 1.29 is 23.9 Å². The average molecular weight is 494 g/mol. The van der Waals surface area contributed by atoms with Gasteiger partial charge in [-0.05, 0) is 42.7 Å². The van der Waals surface area contributed by atoms with E-state index in [1.165, 1.54) is 11.3 Å². The molecular formula is C26H27N3O5S. The van der Waals surface area contributed by atoms with E-state index in [-0.39, 0.29) is 23.8 Å². The Hall–Kier alpha value is -3.69. The molecule has 1 aromatic heterocycles. The smallest absolute Gasteiger partial charge is 0.262 e. The van der Waals surface area contributed by atoms with Crippen molar-refractivity contribution in [2.24, 2.45) is 5.73 Å². The van der Waals surface area contributed by atoms with Crippen LogP contribution in [0.4, 0.5) is 5.00 Å². The zero-order chi connectivity index (χ0) is 24.9. The third kappa shape index (κ3) is 5.52. The van der Waals surface area contributed by atoms with Crippen LogP contribution in [0.25, 0.3) is 10.4 Å². The lowest BCUT2D eigenvalue weighted by Crippen LogP contribution is -2.41. The molecule has 1 aliphatic rings. The molecule has 182 valence electrons. The Morgan fingerprint density at radius 1 is 1.09 bits per heavy atom. The summed E-state index contributed by atoms with van der Waals surface area (Å²) in [5.74, 6) is -0.987. The molecule has 0 radical (unpaired) electrons. The molecule has 3 amide bonds. The number of aryl methyl sites for hydroxylation is 1. The maximum absolute atomic E-state index is 13.4. The van der Waals surface area contributed by atoms with Crippen molar-refractivity contribution in [3.63, 3.8) is 0 Å². The van der Waals surface area contributed by atoms with E-state index < -0.39 is 11.8 Å². The predicted octanol–water partition coefficient (Wildman–Crippen LogP) is 3.62. The van der Waals surface area contributed by atoms with Gasteiger partial charge in [-0.15, -0.1) is 11.3 Å². The second-order valence-electron chi connectivity index (χ2n) is 8.23. The molecule has 9 heteroatoms. The number of morpholine rings is 1. The van der Waals surface area contributed by atoms with Gasteiger partial charge in [0.25, 0.3) is 17.7 Å². The quantitative estimate of drug-likeness (QED) is 0.522. The Balaban J connectivity index is 1.59. The number of anilines is 1. The first kappa shape index (κ1) is 24.4. The largest absolute Gasteiger partial charge is 0.483 e. The maximum atomic E-state index is 13.4. The number of hydrogen-bond donors (Lipinski definition) is 2. The SMILES string of the molecule is Cc1ccc(C(N)=O)c(OCC(=O)Nc2sc(-c3ccccc3)c(C)c2C(=O)N2CCOCC2)c1. The van der Waals surface area contributed by atoms with Gasteiger partial charge in [0.05, 0.1) is 24.3 Å². The Bertz CT molecular complexity index is 1250. The second kappa shape index (κ2) is 10.7. The van der Waals surface area contributed by atoms with Crippen molar-refractivity contribution in [1.82, 2.24) is 4.90 Å². The molecule has 0 unspecified atom stereocenters. The third-order valence-corrected chi connectivity index (χ3v) is 6.97. The molecule has 3 N–H and O–H groups in total. The fourth-order valence-corrected chi connectivity index (χ4v) is 5.13. The van der Waals surface area contributed by atoms with Gasteiger partial charge in [0.1, 0.15) is 10.8 Å². The van der Waals surface area contributed by atoms with Gasteiger partial charge < -0.3 is 25.4 Å². The summed E-state index contributed by atoms with van der Waals surface area (Å²) in [6, 6.07) is 14.7. The fraction of sp³-hybridized carbons (Fsp3) is 0.269. The van der Waals surface area contributed by atoms with Crippen LogP contribution in [0.1, 0.15) is 31.8 Å². The zero-order valence-electron chi connectivity index (χ0n) is 19.6. The van der Waals surface area contributed by atoms with Crippen LogP contribution in [-0.4, -0.2) is 55.5 Å². The topological polar surface area (TPSA) is 111 Å². The summed E-state index contributed by atoms with van der Waals surface area (Å²) in [4.78, 5) is 40.7. The van der Waals surface area contributed by atoms with E-state index in [0.717, 1.165) is 21.6 Å². The molecule has 0 bridgehead atoms. The van der Waals surface area contributed by atoms with Crippen molar-refractivity contribution in [2.75, 3.05) is 38.2 Å². The van der Waals surface area contributed by atoms with Crippen LogP contribution in [0.15, 0.2) is 48.5 Å². The number of benzene rings is 2. The first-order chi connectivity index (χ1) is 16.8. The Morgan fingerprint density at radius 3 is 2.49 bits per heavy atom. The van der Waals surface area contributed by atoms with Gasteiger partial charge in [0.2, 0.25) is 0 Å². The van der Waals surface area contributed by atoms with Crippen LogP contribution in [0, 0.1) is 13.8 Å². The Kier molecular flexibility index (Phi) is 7.48. The van der Waals surface area contributed by atoms with E-state index in [1.807, 2.05) is 44.2 Å². The fourth-order valence-electron chi connectivity index (χ4n) is 3.91. The number of nitrogens with zero attached hydrogens (tertiary/aromatic N) is 1. The molecule has 1 saturated heterocycles. The highest BCUT2D eigenvalue weighted by molar-refractivity contribution is 7.20. The molecule has 4 rings (SSSR count). The van der Waals surface area contributed by atoms with Crippen LogP contribution in [0.3, 0.4) is 0 Å². The highest BCUT2D eigenvalue weighted by atomic mass is 32.1. The molecule has 35 heavy (non-hydrogen) atoms. The number of hydrogen-bond acceptors (Lipinski definition) is 6. The molecule has 0 aliphatic carbocycles. The lowest BCUT2D eigenvalue weighted by atomic mass is 10.1. The van der Waals surface area contributed by atoms with E-state index in [0.29, 0.717) is 36.9 Å². The molecule has 1 fully saturated rings. The van der Waals surface area contributed by atoms with Crippen molar-refractivity contribution in [2.45, 2.75) is 13.8 Å². The first-order valence-electron chi connectivity index (χ1n) is 11.2. The summed E-state index contributed by atoms with van der Waals surface area (Å²) in [6.45, 7) is 5.35.